The van der Waals surface area contributed by atoms with E-state index in [2.05, 4.69) is 20.9 Å². The number of furan rings is 1. The highest BCUT2D eigenvalue weighted by molar-refractivity contribution is 6.42. The minimum Gasteiger partial charge on any atom is -0.467 e. The number of anilines is 1. The van der Waals surface area contributed by atoms with Crippen molar-refractivity contribution in [3.8, 4) is 0 Å². The molecular weight excluding hydrogens is 367 g/mol. The summed E-state index contributed by atoms with van der Waals surface area (Å²) < 4.78 is 5.16. The third-order valence-corrected chi connectivity index (χ3v) is 4.17. The number of hydrogen-bond acceptors (Lipinski definition) is 4. The van der Waals surface area contributed by atoms with E-state index in [9.17, 15) is 9.59 Å². The SMILES string of the molecule is O=C(C[C@@H]1NC(=NCc2ccco2)NC1=O)Nc1ccc(Cl)c(Cl)c1. The van der Waals surface area contributed by atoms with Crippen LogP contribution in [0.3, 0.4) is 0 Å². The van der Waals surface area contributed by atoms with Crippen LogP contribution < -0.4 is 16.0 Å². The Bertz CT molecular complexity index is 821. The number of hydrogen-bond donors (Lipinski definition) is 3. The summed E-state index contributed by atoms with van der Waals surface area (Å²) in [6.07, 6.45) is 1.50. The fourth-order valence-electron chi connectivity index (χ4n) is 2.23. The Morgan fingerprint density at radius 3 is 2.84 bits per heavy atom. The lowest BCUT2D eigenvalue weighted by Gasteiger charge is -2.09. The van der Waals surface area contributed by atoms with E-state index < -0.39 is 6.04 Å². The number of halogens is 2. The number of amides is 2. The summed E-state index contributed by atoms with van der Waals surface area (Å²) in [7, 11) is 0. The van der Waals surface area contributed by atoms with E-state index in [1.165, 1.54) is 0 Å². The fourth-order valence-corrected chi connectivity index (χ4v) is 2.53. The van der Waals surface area contributed by atoms with Crippen LogP contribution in [0.1, 0.15) is 12.2 Å². The quantitative estimate of drug-likeness (QED) is 0.742. The molecule has 2 amide bonds. The molecule has 0 radical (unpaired) electrons. The average molecular weight is 381 g/mol. The van der Waals surface area contributed by atoms with Gasteiger partial charge in [0.1, 0.15) is 18.3 Å². The molecule has 25 heavy (non-hydrogen) atoms. The van der Waals surface area contributed by atoms with Crippen LogP contribution in [0.15, 0.2) is 46.0 Å². The Kier molecular flexibility index (Phi) is 5.25. The zero-order valence-corrected chi connectivity index (χ0v) is 14.4. The zero-order valence-electron chi connectivity index (χ0n) is 12.9. The van der Waals surface area contributed by atoms with Gasteiger partial charge in [0.2, 0.25) is 11.8 Å². The summed E-state index contributed by atoms with van der Waals surface area (Å²) in [5.41, 5.74) is 0.504. The first-order valence-electron chi connectivity index (χ1n) is 7.40. The zero-order chi connectivity index (χ0) is 17.8. The third-order valence-electron chi connectivity index (χ3n) is 3.44. The van der Waals surface area contributed by atoms with Gasteiger partial charge in [-0.25, -0.2) is 4.99 Å². The van der Waals surface area contributed by atoms with Crippen LogP contribution in [0.4, 0.5) is 5.69 Å². The topological polar surface area (TPSA) is 95.7 Å². The summed E-state index contributed by atoms with van der Waals surface area (Å²) >= 11 is 11.7. The molecule has 0 saturated carbocycles. The summed E-state index contributed by atoms with van der Waals surface area (Å²) in [5, 5.41) is 8.88. The molecule has 1 aromatic carbocycles. The van der Waals surface area contributed by atoms with E-state index in [1.54, 1.807) is 36.6 Å². The molecule has 0 aliphatic carbocycles. The maximum atomic E-state index is 12.1. The fraction of sp³-hybridized carbons (Fsp3) is 0.188. The minimum atomic E-state index is -0.696. The first-order chi connectivity index (χ1) is 12.0. The molecule has 130 valence electrons. The van der Waals surface area contributed by atoms with E-state index in [4.69, 9.17) is 27.6 Å². The average Bonchev–Trinajstić information content (AvgIpc) is 3.19. The highest BCUT2D eigenvalue weighted by Crippen LogP contribution is 2.25. The van der Waals surface area contributed by atoms with Crippen LogP contribution in [-0.2, 0) is 16.1 Å². The van der Waals surface area contributed by atoms with Crippen LogP contribution >= 0.6 is 23.2 Å². The second-order valence-corrected chi connectivity index (χ2v) is 6.13. The van der Waals surface area contributed by atoms with E-state index in [0.717, 1.165) is 0 Å². The molecule has 1 fully saturated rings. The number of aliphatic imine (C=N–C) groups is 1. The summed E-state index contributed by atoms with van der Waals surface area (Å²) in [6.45, 7) is 0.289. The van der Waals surface area contributed by atoms with Crippen molar-refractivity contribution in [2.24, 2.45) is 4.99 Å². The molecular formula is C16H14Cl2N4O3. The molecule has 0 bridgehead atoms. The normalized spacial score (nSPS) is 18.1. The van der Waals surface area contributed by atoms with Gasteiger partial charge < -0.3 is 15.1 Å². The van der Waals surface area contributed by atoms with Gasteiger partial charge in [0.05, 0.1) is 22.7 Å². The molecule has 7 nitrogen and oxygen atoms in total. The van der Waals surface area contributed by atoms with E-state index in [0.29, 0.717) is 27.5 Å². The molecule has 1 saturated heterocycles. The predicted molar refractivity (Wildman–Crippen MR) is 94.6 cm³/mol. The number of carbonyl (C=O) groups excluding carboxylic acids is 2. The van der Waals surface area contributed by atoms with Gasteiger partial charge >= 0.3 is 0 Å². The number of nitrogens with one attached hydrogen (secondary N) is 3. The van der Waals surface area contributed by atoms with Crippen molar-refractivity contribution in [2.75, 3.05) is 5.32 Å². The molecule has 1 atom stereocenters. The molecule has 2 heterocycles. The van der Waals surface area contributed by atoms with E-state index in [1.807, 2.05) is 0 Å². The lowest BCUT2D eigenvalue weighted by atomic mass is 10.2. The van der Waals surface area contributed by atoms with Gasteiger partial charge in [-0.3, -0.25) is 14.9 Å². The first-order valence-corrected chi connectivity index (χ1v) is 8.16. The molecule has 2 aromatic rings. The molecule has 3 N–H and O–H groups in total. The van der Waals surface area contributed by atoms with Gasteiger partial charge in [0.25, 0.3) is 0 Å². The van der Waals surface area contributed by atoms with Gasteiger partial charge in [0.15, 0.2) is 5.96 Å². The number of benzene rings is 1. The van der Waals surface area contributed by atoms with Crippen LogP contribution in [0.2, 0.25) is 10.0 Å². The lowest BCUT2D eigenvalue weighted by molar-refractivity contribution is -0.124. The largest absolute Gasteiger partial charge is 0.467 e. The predicted octanol–water partition coefficient (Wildman–Crippen LogP) is 2.56. The number of rotatable bonds is 5. The van der Waals surface area contributed by atoms with Crippen LogP contribution in [0.25, 0.3) is 0 Å². The first kappa shape index (κ1) is 17.3. The second-order valence-electron chi connectivity index (χ2n) is 5.31. The van der Waals surface area contributed by atoms with Crippen molar-refractivity contribution < 1.29 is 14.0 Å². The van der Waals surface area contributed by atoms with E-state index in [-0.39, 0.29) is 24.8 Å². The van der Waals surface area contributed by atoms with Gasteiger partial charge in [-0.2, -0.15) is 0 Å². The monoisotopic (exact) mass is 380 g/mol. The van der Waals surface area contributed by atoms with Gasteiger partial charge in [-0.15, -0.1) is 0 Å². The van der Waals surface area contributed by atoms with Gasteiger partial charge in [0, 0.05) is 5.69 Å². The van der Waals surface area contributed by atoms with E-state index >= 15 is 0 Å². The van der Waals surface area contributed by atoms with Crippen LogP contribution in [0, 0.1) is 0 Å². The van der Waals surface area contributed by atoms with Crippen molar-refractivity contribution in [3.63, 3.8) is 0 Å². The maximum absolute atomic E-state index is 12.1. The highest BCUT2D eigenvalue weighted by Gasteiger charge is 2.30. The van der Waals surface area contributed by atoms with Crippen LogP contribution in [-0.4, -0.2) is 23.8 Å². The van der Waals surface area contributed by atoms with Crippen molar-refractivity contribution >= 4 is 46.7 Å². The molecule has 0 spiro atoms. The second kappa shape index (κ2) is 7.58. The van der Waals surface area contributed by atoms with Crippen LogP contribution in [0.5, 0.6) is 0 Å². The summed E-state index contributed by atoms with van der Waals surface area (Å²) in [6, 6.07) is 7.59. The lowest BCUT2D eigenvalue weighted by Crippen LogP contribution is -2.33. The Labute approximate surface area is 153 Å². The summed E-state index contributed by atoms with van der Waals surface area (Å²) in [5.74, 6) is 0.332. The number of nitrogens with zero attached hydrogens (tertiary/aromatic N) is 1. The summed E-state index contributed by atoms with van der Waals surface area (Å²) in [4.78, 5) is 28.2. The standard InChI is InChI=1S/C16H14Cl2N4O3/c17-11-4-3-9(6-12(11)18)20-14(23)7-13-15(24)22-16(21-13)19-8-10-2-1-5-25-10/h1-6,13H,7-8H2,(H,20,23)(H2,19,21,22,24)/t13-/m0/s1. The minimum absolute atomic E-state index is 0.0498. The van der Waals surface area contributed by atoms with Gasteiger partial charge in [-0.1, -0.05) is 23.2 Å². The molecule has 1 aliphatic rings. The Hall–Kier alpha value is -2.51. The third kappa shape index (κ3) is 4.52. The Balaban J connectivity index is 1.55. The molecule has 1 aliphatic heterocycles. The highest BCUT2D eigenvalue weighted by atomic mass is 35.5. The Morgan fingerprint density at radius 1 is 1.28 bits per heavy atom. The maximum Gasteiger partial charge on any atom is 0.249 e. The molecule has 3 rings (SSSR count). The molecule has 9 heteroatoms. The van der Waals surface area contributed by atoms with Crippen molar-refractivity contribution in [2.45, 2.75) is 19.0 Å². The van der Waals surface area contributed by atoms with Crippen molar-refractivity contribution in [3.05, 3.63) is 52.4 Å². The van der Waals surface area contributed by atoms with Crippen molar-refractivity contribution in [1.29, 1.82) is 0 Å². The molecule has 0 unspecified atom stereocenters. The Morgan fingerprint density at radius 2 is 2.12 bits per heavy atom. The number of guanidine groups is 1. The van der Waals surface area contributed by atoms with Crippen molar-refractivity contribution in [1.82, 2.24) is 10.6 Å². The van der Waals surface area contributed by atoms with Gasteiger partial charge in [-0.05, 0) is 30.3 Å². The number of carbonyl (C=O) groups is 2. The molecule has 1 aromatic heterocycles. The smallest absolute Gasteiger partial charge is 0.249 e.